The van der Waals surface area contributed by atoms with Crippen LogP contribution in [0.2, 0.25) is 0 Å². The zero-order chi connectivity index (χ0) is 11.5. The molecule has 1 aliphatic rings. The molecule has 4 nitrogen and oxygen atoms in total. The average Bonchev–Trinajstić information content (AvgIpc) is 2.74. The molecule has 1 atom stereocenters. The van der Waals surface area contributed by atoms with Crippen LogP contribution in [0, 0.1) is 0 Å². The van der Waals surface area contributed by atoms with Crippen LogP contribution in [0.4, 0.5) is 0 Å². The van der Waals surface area contributed by atoms with Crippen molar-refractivity contribution in [3.8, 4) is 11.5 Å². The Morgan fingerprint density at radius 3 is 2.56 bits per heavy atom. The van der Waals surface area contributed by atoms with Gasteiger partial charge in [0.25, 0.3) is 0 Å². The van der Waals surface area contributed by atoms with Crippen LogP contribution in [0.5, 0.6) is 11.5 Å². The Hall–Kier alpha value is -1.26. The van der Waals surface area contributed by atoms with Crippen molar-refractivity contribution in [2.24, 2.45) is 0 Å². The van der Waals surface area contributed by atoms with E-state index in [0.717, 1.165) is 30.2 Å². The van der Waals surface area contributed by atoms with Gasteiger partial charge in [0.1, 0.15) is 6.23 Å². The first kappa shape index (κ1) is 11.2. The molecule has 0 bridgehead atoms. The number of benzene rings is 1. The van der Waals surface area contributed by atoms with Crippen LogP contribution in [0.15, 0.2) is 18.2 Å². The van der Waals surface area contributed by atoms with Crippen molar-refractivity contribution in [3.63, 3.8) is 0 Å². The lowest BCUT2D eigenvalue weighted by Gasteiger charge is -2.19. The summed E-state index contributed by atoms with van der Waals surface area (Å²) < 4.78 is 16.1. The third kappa shape index (κ3) is 1.99. The molecule has 0 aliphatic carbocycles. The Labute approximate surface area is 95.7 Å². The summed E-state index contributed by atoms with van der Waals surface area (Å²) in [6.07, 6.45) is 0.0276. The molecule has 4 heteroatoms. The zero-order valence-corrected chi connectivity index (χ0v) is 9.90. The first-order chi connectivity index (χ1) is 7.76. The van der Waals surface area contributed by atoms with Crippen molar-refractivity contribution in [1.29, 1.82) is 0 Å². The molecular weight excluding hydrogens is 206 g/mol. The maximum absolute atomic E-state index is 5.65. The number of ether oxygens (including phenoxy) is 3. The Kier molecular flexibility index (Phi) is 3.31. The largest absolute Gasteiger partial charge is 0.493 e. The van der Waals surface area contributed by atoms with Gasteiger partial charge in [0, 0.05) is 6.54 Å². The van der Waals surface area contributed by atoms with E-state index in [0.29, 0.717) is 0 Å². The summed E-state index contributed by atoms with van der Waals surface area (Å²) >= 11 is 0. The molecular formula is C12H17NO3. The Morgan fingerprint density at radius 1 is 1.25 bits per heavy atom. The SMILES string of the molecule is COc1ccc(C2OCCN2C)cc1OC. The third-order valence-corrected chi connectivity index (χ3v) is 2.81. The summed E-state index contributed by atoms with van der Waals surface area (Å²) in [4.78, 5) is 2.17. The third-order valence-electron chi connectivity index (χ3n) is 2.81. The molecule has 2 rings (SSSR count). The molecule has 1 aliphatic heterocycles. The first-order valence-corrected chi connectivity index (χ1v) is 5.30. The quantitative estimate of drug-likeness (QED) is 0.780. The Balaban J connectivity index is 2.28. The fraction of sp³-hybridized carbons (Fsp3) is 0.500. The zero-order valence-electron chi connectivity index (χ0n) is 9.90. The van der Waals surface area contributed by atoms with Gasteiger partial charge >= 0.3 is 0 Å². The minimum absolute atomic E-state index is 0.0276. The number of hydrogen-bond acceptors (Lipinski definition) is 4. The number of rotatable bonds is 3. The number of likely N-dealkylation sites (N-methyl/N-ethyl adjacent to an activating group) is 1. The van der Waals surface area contributed by atoms with E-state index in [-0.39, 0.29) is 6.23 Å². The van der Waals surface area contributed by atoms with Gasteiger partial charge in [-0.15, -0.1) is 0 Å². The van der Waals surface area contributed by atoms with Crippen molar-refractivity contribution >= 4 is 0 Å². The highest BCUT2D eigenvalue weighted by molar-refractivity contribution is 5.43. The van der Waals surface area contributed by atoms with E-state index in [4.69, 9.17) is 14.2 Å². The van der Waals surface area contributed by atoms with Crippen LogP contribution in [0.25, 0.3) is 0 Å². The number of nitrogens with zero attached hydrogens (tertiary/aromatic N) is 1. The predicted octanol–water partition coefficient (Wildman–Crippen LogP) is 1.66. The second kappa shape index (κ2) is 4.72. The van der Waals surface area contributed by atoms with Gasteiger partial charge in [0.05, 0.1) is 20.8 Å². The van der Waals surface area contributed by atoms with Gasteiger partial charge in [-0.1, -0.05) is 6.07 Å². The molecule has 0 spiro atoms. The molecule has 16 heavy (non-hydrogen) atoms. The molecule has 88 valence electrons. The molecule has 0 saturated carbocycles. The molecule has 0 amide bonds. The van der Waals surface area contributed by atoms with E-state index >= 15 is 0 Å². The lowest BCUT2D eigenvalue weighted by atomic mass is 10.1. The number of methoxy groups -OCH3 is 2. The standard InChI is InChI=1S/C12H17NO3/c1-13-6-7-16-12(13)9-4-5-10(14-2)11(8-9)15-3/h4-5,8,12H,6-7H2,1-3H3. The molecule has 1 unspecified atom stereocenters. The number of hydrogen-bond donors (Lipinski definition) is 0. The van der Waals surface area contributed by atoms with E-state index in [2.05, 4.69) is 4.90 Å². The van der Waals surface area contributed by atoms with Crippen LogP contribution in [0.3, 0.4) is 0 Å². The summed E-state index contributed by atoms with van der Waals surface area (Å²) in [5.74, 6) is 1.48. The van der Waals surface area contributed by atoms with Gasteiger partial charge in [0.15, 0.2) is 11.5 Å². The van der Waals surface area contributed by atoms with Crippen molar-refractivity contribution in [2.45, 2.75) is 6.23 Å². The van der Waals surface area contributed by atoms with Crippen molar-refractivity contribution in [2.75, 3.05) is 34.4 Å². The molecule has 1 heterocycles. The van der Waals surface area contributed by atoms with Gasteiger partial charge in [0.2, 0.25) is 0 Å². The second-order valence-corrected chi connectivity index (χ2v) is 3.82. The molecule has 1 saturated heterocycles. The highest BCUT2D eigenvalue weighted by Gasteiger charge is 2.24. The average molecular weight is 223 g/mol. The van der Waals surface area contributed by atoms with Gasteiger partial charge in [-0.3, -0.25) is 4.90 Å². The highest BCUT2D eigenvalue weighted by atomic mass is 16.5. The van der Waals surface area contributed by atoms with Gasteiger partial charge in [-0.25, -0.2) is 0 Å². The molecule has 0 aromatic heterocycles. The summed E-state index contributed by atoms with van der Waals surface area (Å²) in [5.41, 5.74) is 1.10. The second-order valence-electron chi connectivity index (χ2n) is 3.82. The van der Waals surface area contributed by atoms with Crippen LogP contribution >= 0.6 is 0 Å². The Morgan fingerprint density at radius 2 is 2.00 bits per heavy atom. The topological polar surface area (TPSA) is 30.9 Å². The van der Waals surface area contributed by atoms with Gasteiger partial charge in [-0.05, 0) is 24.7 Å². The maximum Gasteiger partial charge on any atom is 0.161 e. The van der Waals surface area contributed by atoms with E-state index in [9.17, 15) is 0 Å². The van der Waals surface area contributed by atoms with E-state index in [1.54, 1.807) is 14.2 Å². The van der Waals surface area contributed by atoms with Crippen molar-refractivity contribution in [1.82, 2.24) is 4.90 Å². The molecule has 0 N–H and O–H groups in total. The fourth-order valence-corrected chi connectivity index (χ4v) is 1.91. The highest BCUT2D eigenvalue weighted by Crippen LogP contribution is 2.33. The smallest absolute Gasteiger partial charge is 0.161 e. The molecule has 1 fully saturated rings. The molecule has 1 aromatic carbocycles. The van der Waals surface area contributed by atoms with E-state index < -0.39 is 0 Å². The summed E-state index contributed by atoms with van der Waals surface area (Å²) in [7, 11) is 5.32. The van der Waals surface area contributed by atoms with Crippen LogP contribution in [-0.4, -0.2) is 39.3 Å². The minimum Gasteiger partial charge on any atom is -0.493 e. The van der Waals surface area contributed by atoms with Crippen LogP contribution in [-0.2, 0) is 4.74 Å². The van der Waals surface area contributed by atoms with Crippen molar-refractivity contribution < 1.29 is 14.2 Å². The first-order valence-electron chi connectivity index (χ1n) is 5.30. The van der Waals surface area contributed by atoms with E-state index in [1.807, 2.05) is 25.2 Å². The lowest BCUT2D eigenvalue weighted by molar-refractivity contribution is 0.0451. The summed E-state index contributed by atoms with van der Waals surface area (Å²) in [6.45, 7) is 1.73. The predicted molar refractivity (Wildman–Crippen MR) is 60.9 cm³/mol. The van der Waals surface area contributed by atoms with E-state index in [1.165, 1.54) is 0 Å². The Bertz CT molecular complexity index is 367. The summed E-state index contributed by atoms with van der Waals surface area (Å²) in [5, 5.41) is 0. The fourth-order valence-electron chi connectivity index (χ4n) is 1.91. The van der Waals surface area contributed by atoms with Crippen LogP contribution < -0.4 is 9.47 Å². The maximum atomic E-state index is 5.65. The van der Waals surface area contributed by atoms with Crippen molar-refractivity contribution in [3.05, 3.63) is 23.8 Å². The summed E-state index contributed by atoms with van der Waals surface area (Å²) in [6, 6.07) is 5.88. The molecule has 1 aromatic rings. The lowest BCUT2D eigenvalue weighted by Crippen LogP contribution is -2.18. The van der Waals surface area contributed by atoms with Gasteiger partial charge in [-0.2, -0.15) is 0 Å². The molecule has 0 radical (unpaired) electrons. The monoisotopic (exact) mass is 223 g/mol. The normalized spacial score (nSPS) is 21.1. The van der Waals surface area contributed by atoms with Crippen LogP contribution in [0.1, 0.15) is 11.8 Å². The minimum atomic E-state index is 0.0276. The van der Waals surface area contributed by atoms with Gasteiger partial charge < -0.3 is 14.2 Å².